The van der Waals surface area contributed by atoms with Crippen molar-refractivity contribution in [2.24, 2.45) is 5.92 Å². The van der Waals surface area contributed by atoms with E-state index in [-0.39, 0.29) is 18.2 Å². The van der Waals surface area contributed by atoms with E-state index in [1.807, 2.05) is 6.92 Å². The summed E-state index contributed by atoms with van der Waals surface area (Å²) in [5, 5.41) is 13.9. The van der Waals surface area contributed by atoms with Gasteiger partial charge in [-0.05, 0) is 13.3 Å². The first-order valence-electron chi connectivity index (χ1n) is 7.24. The van der Waals surface area contributed by atoms with Gasteiger partial charge in [0.05, 0.1) is 23.9 Å². The van der Waals surface area contributed by atoms with E-state index in [1.54, 1.807) is 29.6 Å². The van der Waals surface area contributed by atoms with Crippen molar-refractivity contribution in [3.8, 4) is 0 Å². The van der Waals surface area contributed by atoms with E-state index in [0.29, 0.717) is 25.3 Å². The zero-order chi connectivity index (χ0) is 15.5. The van der Waals surface area contributed by atoms with Gasteiger partial charge in [-0.25, -0.2) is 0 Å². The third kappa shape index (κ3) is 3.30. The van der Waals surface area contributed by atoms with Crippen molar-refractivity contribution >= 4 is 5.91 Å². The van der Waals surface area contributed by atoms with Gasteiger partial charge in [-0.3, -0.25) is 14.8 Å². The monoisotopic (exact) mass is 302 g/mol. The van der Waals surface area contributed by atoms with E-state index in [9.17, 15) is 9.90 Å². The first-order valence-corrected chi connectivity index (χ1v) is 7.24. The Morgan fingerprint density at radius 1 is 1.45 bits per heavy atom. The van der Waals surface area contributed by atoms with Crippen molar-refractivity contribution in [2.75, 3.05) is 13.1 Å². The lowest BCUT2D eigenvalue weighted by atomic mass is 10.0. The second-order valence-corrected chi connectivity index (χ2v) is 5.64. The molecular formula is C15H18N4O3. The fourth-order valence-corrected chi connectivity index (χ4v) is 2.72. The Kier molecular flexibility index (Phi) is 4.15. The molecule has 1 aliphatic heterocycles. The summed E-state index contributed by atoms with van der Waals surface area (Å²) in [4.78, 5) is 22.2. The summed E-state index contributed by atoms with van der Waals surface area (Å²) in [6.07, 6.45) is 5.18. The molecule has 0 aromatic carbocycles. The van der Waals surface area contributed by atoms with E-state index in [4.69, 9.17) is 4.52 Å². The fourth-order valence-electron chi connectivity index (χ4n) is 2.72. The number of aromatic nitrogens is 3. The Labute approximate surface area is 128 Å². The summed E-state index contributed by atoms with van der Waals surface area (Å²) < 4.78 is 5.07. The summed E-state index contributed by atoms with van der Waals surface area (Å²) in [6, 6.07) is 1.75. The summed E-state index contributed by atoms with van der Waals surface area (Å²) in [5.41, 5.74) is 1.58. The number of hydrogen-bond acceptors (Lipinski definition) is 6. The zero-order valence-corrected chi connectivity index (χ0v) is 12.3. The highest BCUT2D eigenvalue weighted by atomic mass is 16.5. The molecular weight excluding hydrogens is 284 g/mol. The molecule has 0 bridgehead atoms. The predicted octanol–water partition coefficient (Wildman–Crippen LogP) is 0.378. The van der Waals surface area contributed by atoms with Crippen LogP contribution in [0.25, 0.3) is 0 Å². The molecule has 2 aromatic heterocycles. The molecule has 116 valence electrons. The molecule has 1 saturated heterocycles. The van der Waals surface area contributed by atoms with Crippen LogP contribution in [0.1, 0.15) is 17.1 Å². The minimum atomic E-state index is -0.539. The Bertz CT molecular complexity index is 643. The molecule has 2 aromatic rings. The maximum Gasteiger partial charge on any atom is 0.230 e. The van der Waals surface area contributed by atoms with Crippen LogP contribution in [-0.4, -0.2) is 50.2 Å². The molecule has 0 saturated carbocycles. The maximum atomic E-state index is 12.3. The van der Waals surface area contributed by atoms with Crippen molar-refractivity contribution in [1.82, 2.24) is 20.0 Å². The molecule has 1 fully saturated rings. The van der Waals surface area contributed by atoms with Gasteiger partial charge in [0.1, 0.15) is 5.76 Å². The van der Waals surface area contributed by atoms with E-state index in [1.165, 1.54) is 0 Å². The largest absolute Gasteiger partial charge is 0.391 e. The van der Waals surface area contributed by atoms with Crippen LogP contribution in [0, 0.1) is 12.8 Å². The van der Waals surface area contributed by atoms with Gasteiger partial charge < -0.3 is 14.5 Å². The van der Waals surface area contributed by atoms with E-state index in [2.05, 4.69) is 15.1 Å². The Balaban J connectivity index is 1.59. The zero-order valence-electron chi connectivity index (χ0n) is 12.3. The molecule has 0 spiro atoms. The molecule has 0 aliphatic carbocycles. The average Bonchev–Trinajstić information content (AvgIpc) is 3.07. The highest BCUT2D eigenvalue weighted by Crippen LogP contribution is 2.21. The number of aliphatic hydroxyl groups is 1. The normalized spacial score (nSPS) is 21.3. The number of hydrogen-bond donors (Lipinski definition) is 1. The Morgan fingerprint density at radius 3 is 3.00 bits per heavy atom. The lowest BCUT2D eigenvalue weighted by Gasteiger charge is -2.15. The first kappa shape index (κ1) is 14.6. The van der Waals surface area contributed by atoms with Gasteiger partial charge in [-0.2, -0.15) is 0 Å². The van der Waals surface area contributed by atoms with Crippen LogP contribution in [0.4, 0.5) is 0 Å². The van der Waals surface area contributed by atoms with E-state index in [0.717, 1.165) is 11.4 Å². The number of rotatable bonds is 4. The minimum Gasteiger partial charge on any atom is -0.391 e. The quantitative estimate of drug-likeness (QED) is 0.877. The number of likely N-dealkylation sites (tertiary alicyclic amines) is 1. The van der Waals surface area contributed by atoms with Gasteiger partial charge in [0.25, 0.3) is 0 Å². The molecule has 1 amide bonds. The van der Waals surface area contributed by atoms with Gasteiger partial charge in [-0.1, -0.05) is 5.16 Å². The summed E-state index contributed by atoms with van der Waals surface area (Å²) in [5.74, 6) is 0.475. The third-order valence-electron chi connectivity index (χ3n) is 3.85. The highest BCUT2D eigenvalue weighted by Gasteiger charge is 2.34. The second kappa shape index (κ2) is 6.23. The van der Waals surface area contributed by atoms with Crippen molar-refractivity contribution in [3.63, 3.8) is 0 Å². The molecule has 7 heteroatoms. The SMILES string of the molecule is Cc1cc(CC(=O)N2C[C@@H](Cc3cnccn3)[C@H](O)C2)on1. The second-order valence-electron chi connectivity index (χ2n) is 5.64. The molecule has 1 N–H and O–H groups in total. The van der Waals surface area contributed by atoms with Crippen LogP contribution < -0.4 is 0 Å². The average molecular weight is 302 g/mol. The van der Waals surface area contributed by atoms with Gasteiger partial charge in [0.2, 0.25) is 5.91 Å². The van der Waals surface area contributed by atoms with Gasteiger partial charge in [0, 0.05) is 43.7 Å². The number of carbonyl (C=O) groups is 1. The Morgan fingerprint density at radius 2 is 2.32 bits per heavy atom. The van der Waals surface area contributed by atoms with Crippen LogP contribution in [0.5, 0.6) is 0 Å². The van der Waals surface area contributed by atoms with Crippen molar-refractivity contribution in [3.05, 3.63) is 41.8 Å². The smallest absolute Gasteiger partial charge is 0.230 e. The van der Waals surface area contributed by atoms with Crippen LogP contribution in [0.3, 0.4) is 0 Å². The lowest BCUT2D eigenvalue weighted by Crippen LogP contribution is -2.30. The van der Waals surface area contributed by atoms with Crippen molar-refractivity contribution in [1.29, 1.82) is 0 Å². The number of amides is 1. The number of aliphatic hydroxyl groups excluding tert-OH is 1. The van der Waals surface area contributed by atoms with Crippen molar-refractivity contribution < 1.29 is 14.4 Å². The lowest BCUT2D eigenvalue weighted by molar-refractivity contribution is -0.130. The fraction of sp³-hybridized carbons (Fsp3) is 0.467. The number of carbonyl (C=O) groups excluding carboxylic acids is 1. The molecule has 0 radical (unpaired) electrons. The molecule has 22 heavy (non-hydrogen) atoms. The molecule has 3 heterocycles. The topological polar surface area (TPSA) is 92.4 Å². The minimum absolute atomic E-state index is 0.0166. The van der Waals surface area contributed by atoms with Crippen LogP contribution in [0.15, 0.2) is 29.2 Å². The first-order chi connectivity index (χ1) is 10.6. The Hall–Kier alpha value is -2.28. The van der Waals surface area contributed by atoms with Crippen LogP contribution in [0.2, 0.25) is 0 Å². The van der Waals surface area contributed by atoms with Gasteiger partial charge in [0.15, 0.2) is 0 Å². The highest BCUT2D eigenvalue weighted by molar-refractivity contribution is 5.78. The van der Waals surface area contributed by atoms with Crippen LogP contribution in [-0.2, 0) is 17.6 Å². The number of nitrogens with zero attached hydrogens (tertiary/aromatic N) is 4. The third-order valence-corrected chi connectivity index (χ3v) is 3.85. The molecule has 1 aliphatic rings. The molecule has 0 unspecified atom stereocenters. The standard InChI is InChI=1S/C15H18N4O3/c1-10-4-13(22-18-10)6-15(21)19-8-11(14(20)9-19)5-12-7-16-2-3-17-12/h2-4,7,11,14,20H,5-6,8-9H2,1H3/t11-,14-/m1/s1. The number of β-amino-alcohol motifs (C(OH)–C–C–N with tert-alkyl or cyclic N) is 1. The molecule has 7 nitrogen and oxygen atoms in total. The van der Waals surface area contributed by atoms with Crippen molar-refractivity contribution in [2.45, 2.75) is 25.9 Å². The molecule has 3 rings (SSSR count). The summed E-state index contributed by atoms with van der Waals surface area (Å²) in [7, 11) is 0. The van der Waals surface area contributed by atoms with E-state index >= 15 is 0 Å². The van der Waals surface area contributed by atoms with E-state index < -0.39 is 6.10 Å². The number of aryl methyl sites for hydroxylation is 1. The maximum absolute atomic E-state index is 12.3. The van der Waals surface area contributed by atoms with Gasteiger partial charge in [-0.15, -0.1) is 0 Å². The predicted molar refractivity (Wildman–Crippen MR) is 76.8 cm³/mol. The summed E-state index contributed by atoms with van der Waals surface area (Å²) >= 11 is 0. The summed E-state index contributed by atoms with van der Waals surface area (Å²) in [6.45, 7) is 2.68. The van der Waals surface area contributed by atoms with Gasteiger partial charge >= 0.3 is 0 Å². The molecule has 2 atom stereocenters. The van der Waals surface area contributed by atoms with Crippen LogP contribution >= 0.6 is 0 Å².